The molecule has 12 heteroatoms. The second-order valence-electron chi connectivity index (χ2n) is 7.40. The van der Waals surface area contributed by atoms with Crippen molar-refractivity contribution < 1.29 is 21.6 Å². The lowest BCUT2D eigenvalue weighted by Crippen LogP contribution is -2.60. The molecule has 0 radical (unpaired) electrons. The number of hydrogen-bond donors (Lipinski definition) is 0. The fourth-order valence-corrected chi connectivity index (χ4v) is 4.74. The first-order valence-corrected chi connectivity index (χ1v) is 10.7. The summed E-state index contributed by atoms with van der Waals surface area (Å²) in [5.74, 6) is 0.947. The van der Waals surface area contributed by atoms with E-state index in [4.69, 9.17) is 0 Å². The second kappa shape index (κ2) is 6.83. The van der Waals surface area contributed by atoms with Crippen molar-refractivity contribution in [3.8, 4) is 0 Å². The molecule has 1 saturated carbocycles. The van der Waals surface area contributed by atoms with Crippen molar-refractivity contribution in [3.63, 3.8) is 0 Å². The van der Waals surface area contributed by atoms with Crippen LogP contribution in [0.2, 0.25) is 0 Å². The van der Waals surface area contributed by atoms with Gasteiger partial charge in [-0.3, -0.25) is 0 Å². The minimum absolute atomic E-state index is 0.367. The molecule has 0 amide bonds. The van der Waals surface area contributed by atoms with E-state index in [2.05, 4.69) is 15.3 Å². The van der Waals surface area contributed by atoms with Crippen LogP contribution in [0.4, 0.5) is 19.0 Å². The first-order chi connectivity index (χ1) is 13.1. The molecule has 2 aromatic rings. The Morgan fingerprint density at radius 2 is 1.93 bits per heavy atom. The van der Waals surface area contributed by atoms with Crippen LogP contribution in [0.3, 0.4) is 0 Å². The molecule has 4 rings (SSSR count). The molecule has 8 nitrogen and oxygen atoms in total. The first-order valence-electron chi connectivity index (χ1n) is 9.14. The SMILES string of the molecule is CN(C1CN(c2ccc3nnc(C4CCC4)n3n2)C1)S(=O)(=O)CCC(F)(F)F. The third-order valence-electron chi connectivity index (χ3n) is 5.53. The molecule has 2 aromatic heterocycles. The lowest BCUT2D eigenvalue weighted by atomic mass is 9.85. The second-order valence-corrected chi connectivity index (χ2v) is 9.55. The molecule has 1 saturated heterocycles. The summed E-state index contributed by atoms with van der Waals surface area (Å²) in [6, 6.07) is 3.24. The van der Waals surface area contributed by atoms with Gasteiger partial charge in [-0.15, -0.1) is 15.3 Å². The van der Waals surface area contributed by atoms with E-state index in [0.29, 0.717) is 30.5 Å². The van der Waals surface area contributed by atoms with Gasteiger partial charge in [0.05, 0.1) is 18.2 Å². The number of sulfonamides is 1. The first kappa shape index (κ1) is 19.4. The third-order valence-corrected chi connectivity index (χ3v) is 7.42. The summed E-state index contributed by atoms with van der Waals surface area (Å²) >= 11 is 0. The number of nitrogens with zero attached hydrogens (tertiary/aromatic N) is 6. The molecule has 0 bridgehead atoms. The van der Waals surface area contributed by atoms with Gasteiger partial charge in [0.1, 0.15) is 5.82 Å². The quantitative estimate of drug-likeness (QED) is 0.711. The Hall–Kier alpha value is -1.95. The van der Waals surface area contributed by atoms with Gasteiger partial charge in [0, 0.05) is 26.1 Å². The molecule has 2 aliphatic rings. The van der Waals surface area contributed by atoms with Gasteiger partial charge in [-0.1, -0.05) is 6.42 Å². The van der Waals surface area contributed by atoms with E-state index in [9.17, 15) is 21.6 Å². The van der Waals surface area contributed by atoms with Gasteiger partial charge in [0.2, 0.25) is 10.0 Å². The minimum atomic E-state index is -4.49. The Labute approximate surface area is 160 Å². The largest absolute Gasteiger partial charge is 0.390 e. The van der Waals surface area contributed by atoms with Crippen molar-refractivity contribution >= 4 is 21.5 Å². The van der Waals surface area contributed by atoms with Crippen molar-refractivity contribution in [1.82, 2.24) is 24.1 Å². The molecule has 1 aliphatic carbocycles. The highest BCUT2D eigenvalue weighted by atomic mass is 32.2. The number of anilines is 1. The van der Waals surface area contributed by atoms with E-state index in [1.807, 2.05) is 11.0 Å². The summed E-state index contributed by atoms with van der Waals surface area (Å²) < 4.78 is 64.0. The molecule has 0 N–H and O–H groups in total. The van der Waals surface area contributed by atoms with Crippen LogP contribution in [0.5, 0.6) is 0 Å². The molecule has 3 heterocycles. The molecule has 154 valence electrons. The van der Waals surface area contributed by atoms with Gasteiger partial charge in [0.15, 0.2) is 11.5 Å². The van der Waals surface area contributed by atoms with Crippen molar-refractivity contribution in [2.24, 2.45) is 0 Å². The zero-order valence-corrected chi connectivity index (χ0v) is 16.1. The lowest BCUT2D eigenvalue weighted by Gasteiger charge is -2.43. The van der Waals surface area contributed by atoms with Crippen LogP contribution in [0.1, 0.15) is 37.4 Å². The zero-order valence-electron chi connectivity index (χ0n) is 15.3. The van der Waals surface area contributed by atoms with Crippen LogP contribution < -0.4 is 4.90 Å². The smallest absolute Gasteiger partial charge is 0.352 e. The predicted molar refractivity (Wildman–Crippen MR) is 95.6 cm³/mol. The van der Waals surface area contributed by atoms with Gasteiger partial charge in [-0.25, -0.2) is 8.42 Å². The standard InChI is InChI=1S/C16H21F3N6O2S/c1-23(28(26,27)8-7-16(17,18)19)12-9-24(10-12)14-6-5-13-20-21-15(25(13)22-14)11-3-2-4-11/h5-6,11-12H,2-4,7-10H2,1H3. The molecular weight excluding hydrogens is 397 g/mol. The van der Waals surface area contributed by atoms with Crippen LogP contribution in [0.15, 0.2) is 12.1 Å². The molecule has 0 atom stereocenters. The highest BCUT2D eigenvalue weighted by Gasteiger charge is 2.39. The molecule has 0 aromatic carbocycles. The van der Waals surface area contributed by atoms with E-state index in [1.54, 1.807) is 10.6 Å². The Morgan fingerprint density at radius 3 is 2.54 bits per heavy atom. The Morgan fingerprint density at radius 1 is 1.21 bits per heavy atom. The summed E-state index contributed by atoms with van der Waals surface area (Å²) in [5, 5.41) is 12.9. The van der Waals surface area contributed by atoms with Crippen molar-refractivity contribution in [3.05, 3.63) is 18.0 Å². The van der Waals surface area contributed by atoms with Gasteiger partial charge in [0.25, 0.3) is 0 Å². The van der Waals surface area contributed by atoms with Crippen LogP contribution in [0.25, 0.3) is 5.65 Å². The van der Waals surface area contributed by atoms with Gasteiger partial charge in [-0.05, 0) is 25.0 Å². The zero-order chi connectivity index (χ0) is 20.1. The average molecular weight is 418 g/mol. The maximum atomic E-state index is 12.3. The summed E-state index contributed by atoms with van der Waals surface area (Å²) in [6.07, 6.45) is -2.53. The van der Waals surface area contributed by atoms with Gasteiger partial charge >= 0.3 is 6.18 Å². The number of aromatic nitrogens is 4. The highest BCUT2D eigenvalue weighted by Crippen LogP contribution is 2.35. The number of alkyl halides is 3. The predicted octanol–water partition coefficient (Wildman–Crippen LogP) is 1.79. The van der Waals surface area contributed by atoms with Crippen LogP contribution in [-0.4, -0.2) is 70.6 Å². The molecule has 1 aliphatic heterocycles. The third kappa shape index (κ3) is 3.66. The maximum absolute atomic E-state index is 12.3. The molecule has 0 unspecified atom stereocenters. The van der Waals surface area contributed by atoms with Crippen LogP contribution >= 0.6 is 0 Å². The summed E-state index contributed by atoms with van der Waals surface area (Å²) in [6.45, 7) is 0.752. The van der Waals surface area contributed by atoms with Crippen LogP contribution in [0, 0.1) is 0 Å². The summed E-state index contributed by atoms with van der Waals surface area (Å²) in [5.41, 5.74) is 0.662. The Balaban J connectivity index is 1.42. The minimum Gasteiger partial charge on any atom is -0.352 e. The van der Waals surface area contributed by atoms with Crippen LogP contribution in [-0.2, 0) is 10.0 Å². The normalized spacial score (nSPS) is 19.2. The Kier molecular flexibility index (Phi) is 4.73. The van der Waals surface area contributed by atoms with E-state index >= 15 is 0 Å². The van der Waals surface area contributed by atoms with Crippen molar-refractivity contribution in [1.29, 1.82) is 0 Å². The highest BCUT2D eigenvalue weighted by molar-refractivity contribution is 7.89. The molecule has 0 spiro atoms. The van der Waals surface area contributed by atoms with E-state index in [-0.39, 0.29) is 6.04 Å². The molecular formula is C16H21F3N6O2S. The number of likely N-dealkylation sites (N-methyl/N-ethyl adjacent to an activating group) is 1. The number of fused-ring (bicyclic) bond motifs is 1. The average Bonchev–Trinajstić information content (AvgIpc) is 2.93. The Bertz CT molecular complexity index is 966. The van der Waals surface area contributed by atoms with Gasteiger partial charge < -0.3 is 4.90 Å². The van der Waals surface area contributed by atoms with E-state index in [0.717, 1.165) is 23.0 Å². The van der Waals surface area contributed by atoms with E-state index < -0.39 is 28.4 Å². The monoisotopic (exact) mass is 418 g/mol. The maximum Gasteiger partial charge on any atom is 0.390 e. The fraction of sp³-hybridized carbons (Fsp3) is 0.688. The lowest BCUT2D eigenvalue weighted by molar-refractivity contribution is -0.130. The molecule has 28 heavy (non-hydrogen) atoms. The van der Waals surface area contributed by atoms with E-state index in [1.165, 1.54) is 13.5 Å². The summed E-state index contributed by atoms with van der Waals surface area (Å²) in [7, 11) is -2.63. The fourth-order valence-electron chi connectivity index (χ4n) is 3.37. The van der Waals surface area contributed by atoms with Crippen molar-refractivity contribution in [2.45, 2.75) is 43.8 Å². The summed E-state index contributed by atoms with van der Waals surface area (Å²) in [4.78, 5) is 1.89. The number of halogens is 3. The topological polar surface area (TPSA) is 83.7 Å². The van der Waals surface area contributed by atoms with Gasteiger partial charge in [-0.2, -0.15) is 22.0 Å². The van der Waals surface area contributed by atoms with Crippen molar-refractivity contribution in [2.75, 3.05) is 30.8 Å². The number of rotatable bonds is 6. The number of hydrogen-bond acceptors (Lipinski definition) is 6. The molecule has 2 fully saturated rings.